The standard InChI is InChI=1S/C29H43N5O7S/c1-18(2)23(31-28(38)40-5)26(36)30-25(20-11-8-7-9-12-20)22(35)14-15-34(17-21-13-10-16-42-21)33-27(37)24(19(3)4)32-29(39)41-6/h7-13,16,18-19,22-25,35H,14-15,17H2,1-6H3,(H,30,36)(H,31,38)(H,32,39)(H,33,37). The second kappa shape index (κ2) is 17.3. The molecule has 2 aromatic rings. The minimum Gasteiger partial charge on any atom is -0.453 e. The molecular formula is C29H43N5O7S. The third-order valence-electron chi connectivity index (χ3n) is 6.55. The normalized spacial score (nSPS) is 14.0. The van der Waals surface area contributed by atoms with Gasteiger partial charge in [0.05, 0.1) is 32.9 Å². The number of nitrogens with one attached hydrogen (secondary N) is 4. The molecule has 12 nitrogen and oxygen atoms in total. The first-order chi connectivity index (χ1) is 20.0. The van der Waals surface area contributed by atoms with Crippen molar-refractivity contribution in [1.82, 2.24) is 26.4 Å². The van der Waals surface area contributed by atoms with E-state index >= 15 is 0 Å². The average molecular weight is 606 g/mol. The Bertz CT molecular complexity index is 1130. The number of amides is 4. The fourth-order valence-electron chi connectivity index (χ4n) is 4.19. The van der Waals surface area contributed by atoms with Crippen molar-refractivity contribution in [2.24, 2.45) is 11.8 Å². The molecule has 0 aliphatic carbocycles. The monoisotopic (exact) mass is 605 g/mol. The molecule has 0 bridgehead atoms. The number of methoxy groups -OCH3 is 2. The predicted molar refractivity (Wildman–Crippen MR) is 159 cm³/mol. The van der Waals surface area contributed by atoms with Gasteiger partial charge in [0.15, 0.2) is 0 Å². The van der Waals surface area contributed by atoms with Crippen LogP contribution in [0.3, 0.4) is 0 Å². The van der Waals surface area contributed by atoms with Gasteiger partial charge in [-0.05, 0) is 35.3 Å². The average Bonchev–Trinajstić information content (AvgIpc) is 3.48. The number of aliphatic hydroxyl groups excluding tert-OH is 1. The summed E-state index contributed by atoms with van der Waals surface area (Å²) in [5, 5.41) is 23.0. The van der Waals surface area contributed by atoms with Crippen LogP contribution < -0.4 is 21.4 Å². The summed E-state index contributed by atoms with van der Waals surface area (Å²) in [7, 11) is 2.45. The summed E-state index contributed by atoms with van der Waals surface area (Å²) >= 11 is 1.52. The van der Waals surface area contributed by atoms with Crippen LogP contribution in [0.1, 0.15) is 50.6 Å². The van der Waals surface area contributed by atoms with Gasteiger partial charge in [-0.2, -0.15) is 0 Å². The summed E-state index contributed by atoms with van der Waals surface area (Å²) < 4.78 is 9.34. The first kappa shape index (κ1) is 34.5. The number of ether oxygens (including phenoxy) is 2. The first-order valence-corrected chi connectivity index (χ1v) is 14.6. The first-order valence-electron chi connectivity index (χ1n) is 13.8. The molecule has 1 aromatic carbocycles. The molecule has 4 unspecified atom stereocenters. The van der Waals surface area contributed by atoms with Gasteiger partial charge < -0.3 is 30.5 Å². The van der Waals surface area contributed by atoms with E-state index in [-0.39, 0.29) is 24.8 Å². The van der Waals surface area contributed by atoms with Crippen molar-refractivity contribution < 1.29 is 33.8 Å². The number of hydrogen-bond donors (Lipinski definition) is 5. The van der Waals surface area contributed by atoms with Gasteiger partial charge in [0.2, 0.25) is 5.91 Å². The maximum absolute atomic E-state index is 13.3. The van der Waals surface area contributed by atoms with Gasteiger partial charge in [-0.25, -0.2) is 14.6 Å². The lowest BCUT2D eigenvalue weighted by Crippen LogP contribution is -2.55. The summed E-state index contributed by atoms with van der Waals surface area (Å²) in [6, 6.07) is 10.3. The molecule has 42 heavy (non-hydrogen) atoms. The molecule has 0 saturated heterocycles. The SMILES string of the molecule is COC(=O)NC(C(=O)NC(c1ccccc1)C(O)CCN(Cc1cccs1)NC(=O)C(NC(=O)OC)C(C)C)C(C)C. The van der Waals surface area contributed by atoms with E-state index in [0.29, 0.717) is 12.1 Å². The molecule has 0 aliphatic rings. The Morgan fingerprint density at radius 2 is 1.40 bits per heavy atom. The molecule has 0 aliphatic heterocycles. The molecule has 0 radical (unpaired) electrons. The van der Waals surface area contributed by atoms with Crippen molar-refractivity contribution in [3.8, 4) is 0 Å². The number of alkyl carbamates (subject to hydrolysis) is 2. The van der Waals surface area contributed by atoms with Gasteiger partial charge in [0.1, 0.15) is 12.1 Å². The molecular weight excluding hydrogens is 562 g/mol. The lowest BCUT2D eigenvalue weighted by atomic mass is 9.97. The number of benzene rings is 1. The number of hydrogen-bond acceptors (Lipinski definition) is 9. The lowest BCUT2D eigenvalue weighted by Gasteiger charge is -2.31. The number of nitrogens with zero attached hydrogens (tertiary/aromatic N) is 1. The zero-order valence-corrected chi connectivity index (χ0v) is 25.8. The van der Waals surface area contributed by atoms with Crippen LogP contribution in [-0.4, -0.2) is 73.1 Å². The van der Waals surface area contributed by atoms with Crippen molar-refractivity contribution in [2.75, 3.05) is 20.8 Å². The van der Waals surface area contributed by atoms with Crippen LogP contribution in [-0.2, 0) is 25.6 Å². The highest BCUT2D eigenvalue weighted by Gasteiger charge is 2.31. The Labute approximate surface area is 251 Å². The smallest absolute Gasteiger partial charge is 0.407 e. The Hall–Kier alpha value is -3.68. The van der Waals surface area contributed by atoms with E-state index in [0.717, 1.165) is 4.88 Å². The molecule has 0 spiro atoms. The van der Waals surface area contributed by atoms with E-state index in [1.165, 1.54) is 25.6 Å². The van der Waals surface area contributed by atoms with Crippen LogP contribution in [0.25, 0.3) is 0 Å². The van der Waals surface area contributed by atoms with Gasteiger partial charge in [-0.15, -0.1) is 11.3 Å². The summed E-state index contributed by atoms with van der Waals surface area (Å²) in [5.41, 5.74) is 3.55. The number of rotatable bonds is 15. The predicted octanol–water partition coefficient (Wildman–Crippen LogP) is 2.95. The lowest BCUT2D eigenvalue weighted by molar-refractivity contribution is -0.129. The fourth-order valence-corrected chi connectivity index (χ4v) is 4.91. The van der Waals surface area contributed by atoms with Crippen LogP contribution in [0, 0.1) is 11.8 Å². The quantitative estimate of drug-likeness (QED) is 0.194. The van der Waals surface area contributed by atoms with Gasteiger partial charge in [-0.3, -0.25) is 15.0 Å². The zero-order valence-electron chi connectivity index (χ0n) is 25.0. The number of aliphatic hydroxyl groups is 1. The Morgan fingerprint density at radius 3 is 1.90 bits per heavy atom. The third-order valence-corrected chi connectivity index (χ3v) is 7.41. The number of carbonyl (C=O) groups is 4. The molecule has 4 amide bonds. The Kier molecular flexibility index (Phi) is 14.2. The topological polar surface area (TPSA) is 158 Å². The molecule has 1 aromatic heterocycles. The second-order valence-corrected chi connectivity index (χ2v) is 11.5. The van der Waals surface area contributed by atoms with E-state index < -0.39 is 48.2 Å². The summed E-state index contributed by atoms with van der Waals surface area (Å²) in [6.45, 7) is 7.78. The highest BCUT2D eigenvalue weighted by Crippen LogP contribution is 2.21. The van der Waals surface area contributed by atoms with Gasteiger partial charge in [-0.1, -0.05) is 64.1 Å². The minimum atomic E-state index is -1.06. The fraction of sp³-hybridized carbons (Fsp3) is 0.517. The molecule has 2 rings (SSSR count). The zero-order chi connectivity index (χ0) is 31.2. The minimum absolute atomic E-state index is 0.166. The van der Waals surface area contributed by atoms with E-state index in [1.807, 2.05) is 23.6 Å². The molecule has 13 heteroatoms. The van der Waals surface area contributed by atoms with Gasteiger partial charge in [0, 0.05) is 11.4 Å². The third kappa shape index (κ3) is 11.0. The largest absolute Gasteiger partial charge is 0.453 e. The van der Waals surface area contributed by atoms with Gasteiger partial charge >= 0.3 is 12.2 Å². The van der Waals surface area contributed by atoms with Crippen LogP contribution in [0.4, 0.5) is 9.59 Å². The van der Waals surface area contributed by atoms with Crippen molar-refractivity contribution in [3.05, 3.63) is 58.3 Å². The number of carbonyl (C=O) groups excluding carboxylic acids is 4. The Balaban J connectivity index is 2.23. The molecule has 0 fully saturated rings. The summed E-state index contributed by atoms with van der Waals surface area (Å²) in [6.07, 6.45) is -2.34. The van der Waals surface area contributed by atoms with Crippen molar-refractivity contribution in [1.29, 1.82) is 0 Å². The highest BCUT2D eigenvalue weighted by molar-refractivity contribution is 7.09. The number of thiophene rings is 1. The molecule has 5 N–H and O–H groups in total. The maximum Gasteiger partial charge on any atom is 0.407 e. The van der Waals surface area contributed by atoms with E-state index in [2.05, 4.69) is 30.8 Å². The van der Waals surface area contributed by atoms with E-state index in [9.17, 15) is 24.3 Å². The maximum atomic E-state index is 13.3. The van der Waals surface area contributed by atoms with Crippen LogP contribution in [0.15, 0.2) is 47.8 Å². The Morgan fingerprint density at radius 1 is 0.833 bits per heavy atom. The molecule has 4 atom stereocenters. The summed E-state index contributed by atoms with van der Waals surface area (Å²) in [5.74, 6) is -1.37. The van der Waals surface area contributed by atoms with Crippen molar-refractivity contribution in [3.63, 3.8) is 0 Å². The van der Waals surface area contributed by atoms with Crippen LogP contribution >= 0.6 is 11.3 Å². The molecule has 232 valence electrons. The van der Waals surface area contributed by atoms with Crippen molar-refractivity contribution in [2.45, 2.75) is 64.9 Å². The van der Waals surface area contributed by atoms with Gasteiger partial charge in [0.25, 0.3) is 5.91 Å². The second-order valence-electron chi connectivity index (χ2n) is 10.4. The molecule has 1 heterocycles. The number of hydrazine groups is 1. The summed E-state index contributed by atoms with van der Waals surface area (Å²) in [4.78, 5) is 51.1. The van der Waals surface area contributed by atoms with Crippen LogP contribution in [0.2, 0.25) is 0 Å². The highest BCUT2D eigenvalue weighted by atomic mass is 32.1. The van der Waals surface area contributed by atoms with Crippen molar-refractivity contribution >= 4 is 35.3 Å². The van der Waals surface area contributed by atoms with Crippen LogP contribution in [0.5, 0.6) is 0 Å². The van der Waals surface area contributed by atoms with E-state index in [1.54, 1.807) is 57.0 Å². The molecule has 0 saturated carbocycles. The van der Waals surface area contributed by atoms with E-state index in [4.69, 9.17) is 0 Å².